The molecule has 1 heterocycles. The molecule has 1 aliphatic heterocycles. The number of nitrogens with one attached hydrogen (secondary N) is 2. The number of sulfonamides is 2. The van der Waals surface area contributed by atoms with Crippen LogP contribution in [-0.2, 0) is 31.3 Å². The topological polar surface area (TPSA) is 151 Å². The molecule has 3 N–H and O–H groups in total. The van der Waals surface area contributed by atoms with Crippen molar-refractivity contribution in [2.45, 2.75) is 41.9 Å². The highest BCUT2D eigenvalue weighted by Crippen LogP contribution is 2.28. The lowest BCUT2D eigenvalue weighted by molar-refractivity contribution is -0.136. The second-order valence-electron chi connectivity index (χ2n) is 7.43. The largest absolute Gasteiger partial charge is 0.495 e. The molecule has 0 aromatic heterocycles. The number of ether oxygens (including phenoxy) is 1. The predicted octanol–water partition coefficient (Wildman–Crippen LogP) is 2.37. The van der Waals surface area contributed by atoms with Crippen molar-refractivity contribution < 1.29 is 31.5 Å². The van der Waals surface area contributed by atoms with Crippen LogP contribution >= 0.6 is 0 Å². The summed E-state index contributed by atoms with van der Waals surface area (Å²) in [7, 11) is -6.88. The summed E-state index contributed by atoms with van der Waals surface area (Å²) in [4.78, 5) is 14.9. The van der Waals surface area contributed by atoms with Gasteiger partial charge in [0, 0.05) is 13.0 Å². The Balaban J connectivity index is 1.88. The number of aliphatic carboxylic acids is 1. The Labute approximate surface area is 192 Å². The standard InChI is InChI=1S/C21H25N3O7S2/c1-31-18-10-9-15(13-21(25)26)12-19(18)33(29,30)23-16-6-5-7-17(14-16)32(27,28)24-20-8-3-2-4-11-22-20/h5-7,9-10,12,14,23H,2-4,8,11,13H2,1H3,(H,22,24)(H,25,26). The average molecular weight is 496 g/mol. The molecule has 1 aliphatic rings. The Morgan fingerprint density at radius 2 is 1.82 bits per heavy atom. The predicted molar refractivity (Wildman–Crippen MR) is 123 cm³/mol. The molecule has 2 aromatic carbocycles. The monoisotopic (exact) mass is 495 g/mol. The number of carboxylic acids is 1. The lowest BCUT2D eigenvalue weighted by Gasteiger charge is -2.14. The summed E-state index contributed by atoms with van der Waals surface area (Å²) >= 11 is 0. The molecular formula is C21H25N3O7S2. The molecule has 0 unspecified atom stereocenters. The number of carbonyl (C=O) groups is 1. The van der Waals surface area contributed by atoms with Gasteiger partial charge in [-0.05, 0) is 48.7 Å². The van der Waals surface area contributed by atoms with Crippen LogP contribution in [0.25, 0.3) is 0 Å². The van der Waals surface area contributed by atoms with Crippen LogP contribution in [0, 0.1) is 0 Å². The zero-order chi connectivity index (χ0) is 24.1. The minimum Gasteiger partial charge on any atom is -0.495 e. The molecule has 0 fully saturated rings. The molecule has 0 amide bonds. The molecule has 0 saturated heterocycles. The molecule has 0 radical (unpaired) electrons. The second-order valence-corrected chi connectivity index (χ2v) is 10.8. The van der Waals surface area contributed by atoms with Crippen LogP contribution in [0.2, 0.25) is 0 Å². The average Bonchev–Trinajstić information content (AvgIpc) is 3.01. The van der Waals surface area contributed by atoms with E-state index in [0.717, 1.165) is 19.3 Å². The Hall–Kier alpha value is -3.12. The summed E-state index contributed by atoms with van der Waals surface area (Å²) in [6.45, 7) is 0.556. The van der Waals surface area contributed by atoms with Gasteiger partial charge in [0.05, 0.1) is 24.1 Å². The van der Waals surface area contributed by atoms with Gasteiger partial charge < -0.3 is 9.84 Å². The van der Waals surface area contributed by atoms with Gasteiger partial charge in [0.25, 0.3) is 20.0 Å². The number of rotatable bonds is 8. The van der Waals surface area contributed by atoms with Gasteiger partial charge in [-0.1, -0.05) is 18.6 Å². The number of carboxylic acid groups (broad SMARTS) is 1. The van der Waals surface area contributed by atoms with Gasteiger partial charge in [-0.2, -0.15) is 0 Å². The van der Waals surface area contributed by atoms with Crippen molar-refractivity contribution in [1.82, 2.24) is 4.72 Å². The minimum atomic E-state index is -4.22. The molecule has 2 aromatic rings. The minimum absolute atomic E-state index is 0.0198. The van der Waals surface area contributed by atoms with Crippen molar-refractivity contribution in [2.75, 3.05) is 18.4 Å². The van der Waals surface area contributed by atoms with Crippen molar-refractivity contribution in [3.63, 3.8) is 0 Å². The van der Waals surface area contributed by atoms with Crippen LogP contribution in [0.5, 0.6) is 5.75 Å². The highest BCUT2D eigenvalue weighted by molar-refractivity contribution is 7.93. The third-order valence-electron chi connectivity index (χ3n) is 4.90. The zero-order valence-corrected chi connectivity index (χ0v) is 19.6. The molecular weight excluding hydrogens is 470 g/mol. The normalized spacial score (nSPS) is 14.6. The number of nitrogens with zero attached hydrogens (tertiary/aromatic N) is 1. The molecule has 0 bridgehead atoms. The molecule has 12 heteroatoms. The lowest BCUT2D eigenvalue weighted by atomic mass is 10.1. The van der Waals surface area contributed by atoms with Crippen LogP contribution in [0.15, 0.2) is 57.2 Å². The maximum absolute atomic E-state index is 13.0. The summed E-state index contributed by atoms with van der Waals surface area (Å²) in [5, 5.41) is 8.99. The van der Waals surface area contributed by atoms with E-state index in [1.165, 1.54) is 49.6 Å². The van der Waals surface area contributed by atoms with Crippen molar-refractivity contribution >= 4 is 37.5 Å². The Kier molecular flexibility index (Phi) is 7.59. The first-order chi connectivity index (χ1) is 15.6. The van der Waals surface area contributed by atoms with Crippen LogP contribution in [0.4, 0.5) is 5.69 Å². The molecule has 178 valence electrons. The van der Waals surface area contributed by atoms with E-state index in [2.05, 4.69) is 14.4 Å². The molecule has 3 rings (SSSR count). The highest BCUT2D eigenvalue weighted by Gasteiger charge is 2.23. The number of methoxy groups -OCH3 is 1. The molecule has 0 saturated carbocycles. The smallest absolute Gasteiger partial charge is 0.307 e. The third kappa shape index (κ3) is 6.45. The van der Waals surface area contributed by atoms with E-state index in [-0.39, 0.29) is 33.2 Å². The highest BCUT2D eigenvalue weighted by atomic mass is 32.2. The molecule has 33 heavy (non-hydrogen) atoms. The third-order valence-corrected chi connectivity index (χ3v) is 7.68. The Morgan fingerprint density at radius 3 is 2.55 bits per heavy atom. The summed E-state index contributed by atoms with van der Waals surface area (Å²) in [5.41, 5.74) is 0.291. The van der Waals surface area contributed by atoms with E-state index in [0.29, 0.717) is 18.8 Å². The van der Waals surface area contributed by atoms with Crippen LogP contribution in [-0.4, -0.2) is 47.4 Å². The zero-order valence-electron chi connectivity index (χ0n) is 17.9. The van der Waals surface area contributed by atoms with Crippen LogP contribution in [0.1, 0.15) is 31.2 Å². The maximum atomic E-state index is 13.0. The number of benzene rings is 2. The first-order valence-electron chi connectivity index (χ1n) is 10.2. The SMILES string of the molecule is COc1ccc(CC(=O)O)cc1S(=O)(=O)Nc1cccc(S(=O)(=O)NC2=NCCCCC2)c1. The van der Waals surface area contributed by atoms with Crippen molar-refractivity contribution in [2.24, 2.45) is 4.99 Å². The van der Waals surface area contributed by atoms with Gasteiger partial charge in [0.15, 0.2) is 0 Å². The van der Waals surface area contributed by atoms with Crippen molar-refractivity contribution in [3.8, 4) is 5.75 Å². The number of anilines is 1. The Morgan fingerprint density at radius 1 is 1.03 bits per heavy atom. The van der Waals surface area contributed by atoms with E-state index in [1.54, 1.807) is 0 Å². The number of aliphatic imine (C=N–C) groups is 1. The van der Waals surface area contributed by atoms with Gasteiger partial charge in [0.2, 0.25) is 0 Å². The summed E-state index contributed by atoms with van der Waals surface area (Å²) in [5.74, 6) is -0.702. The molecule has 0 atom stereocenters. The molecule has 0 aliphatic carbocycles. The maximum Gasteiger partial charge on any atom is 0.307 e. The number of hydrogen-bond acceptors (Lipinski definition) is 7. The fourth-order valence-corrected chi connectivity index (χ4v) is 5.73. The van der Waals surface area contributed by atoms with Gasteiger partial charge in [-0.25, -0.2) is 16.8 Å². The van der Waals surface area contributed by atoms with Crippen LogP contribution < -0.4 is 14.2 Å². The van der Waals surface area contributed by atoms with E-state index >= 15 is 0 Å². The van der Waals surface area contributed by atoms with E-state index in [4.69, 9.17) is 9.84 Å². The van der Waals surface area contributed by atoms with Crippen molar-refractivity contribution in [3.05, 3.63) is 48.0 Å². The summed E-state index contributed by atoms with van der Waals surface area (Å²) in [6.07, 6.45) is 2.88. The molecule has 0 spiro atoms. The second kappa shape index (κ2) is 10.2. The van der Waals surface area contributed by atoms with Crippen molar-refractivity contribution in [1.29, 1.82) is 0 Å². The first-order valence-corrected chi connectivity index (χ1v) is 13.1. The lowest BCUT2D eigenvalue weighted by Crippen LogP contribution is -2.30. The van der Waals surface area contributed by atoms with E-state index in [9.17, 15) is 21.6 Å². The van der Waals surface area contributed by atoms with Gasteiger partial charge >= 0.3 is 5.97 Å². The van der Waals surface area contributed by atoms with Gasteiger partial charge in [-0.15, -0.1) is 0 Å². The Bertz CT molecular complexity index is 1270. The summed E-state index contributed by atoms with van der Waals surface area (Å²) < 4.78 is 61.6. The fraction of sp³-hybridized carbons (Fsp3) is 0.333. The van der Waals surface area contributed by atoms with E-state index in [1.807, 2.05) is 0 Å². The quantitative estimate of drug-likeness (QED) is 0.508. The summed E-state index contributed by atoms with van der Waals surface area (Å²) in [6, 6.07) is 9.41. The van der Waals surface area contributed by atoms with Gasteiger partial charge in [0.1, 0.15) is 16.5 Å². The van der Waals surface area contributed by atoms with Crippen LogP contribution in [0.3, 0.4) is 0 Å². The molecule has 10 nitrogen and oxygen atoms in total. The number of hydrogen-bond donors (Lipinski definition) is 3. The first kappa shape index (κ1) is 24.5. The fourth-order valence-electron chi connectivity index (χ4n) is 3.32. The van der Waals surface area contributed by atoms with E-state index < -0.39 is 26.0 Å². The van der Waals surface area contributed by atoms with Gasteiger partial charge in [-0.3, -0.25) is 19.2 Å². The number of amidine groups is 1.